The molecular formula is C42H53FN4O5Si. The summed E-state index contributed by atoms with van der Waals surface area (Å²) in [6, 6.07) is 21.4. The van der Waals surface area contributed by atoms with Crippen LogP contribution in [0.25, 0.3) is 0 Å². The highest BCUT2D eigenvalue weighted by molar-refractivity contribution is 6.72. The van der Waals surface area contributed by atoms with Crippen molar-refractivity contribution in [1.82, 2.24) is 4.90 Å². The largest absolute Gasteiger partial charge is 0.399 e. The molecule has 0 saturated carbocycles. The number of aliphatic hydroxyl groups is 1. The number of hydrogen-bond acceptors (Lipinski definition) is 6. The number of ether oxygens (including phenoxy) is 1. The van der Waals surface area contributed by atoms with Gasteiger partial charge in [-0.2, -0.15) is 0 Å². The summed E-state index contributed by atoms with van der Waals surface area (Å²) in [7, 11) is -3.57. The van der Waals surface area contributed by atoms with Gasteiger partial charge in [-0.25, -0.2) is 0 Å². The number of nitrogens with one attached hydrogen (secondary N) is 1. The number of allylic oxidation sites excluding steroid dienone is 3. The number of nitrogens with zero attached hydrogens (tertiary/aromatic N) is 2. The second-order valence-electron chi connectivity index (χ2n) is 15.1. The summed E-state index contributed by atoms with van der Waals surface area (Å²) in [4.78, 5) is 45.4. The third-order valence-electron chi connectivity index (χ3n) is 10.4. The average Bonchev–Trinajstić information content (AvgIpc) is 3.53. The summed E-state index contributed by atoms with van der Waals surface area (Å²) >= 11 is 0. The van der Waals surface area contributed by atoms with E-state index in [0.29, 0.717) is 28.2 Å². The maximum atomic E-state index is 16.6. The molecule has 282 valence electrons. The minimum atomic E-state index is -3.57. The Kier molecular flexibility index (Phi) is 12.4. The van der Waals surface area contributed by atoms with Gasteiger partial charge in [-0.3, -0.25) is 14.4 Å². The average molecular weight is 741 g/mol. The Morgan fingerprint density at radius 3 is 2.40 bits per heavy atom. The first kappa shape index (κ1) is 39.6. The highest BCUT2D eigenvalue weighted by atomic mass is 28.4. The van der Waals surface area contributed by atoms with Crippen LogP contribution in [-0.4, -0.2) is 61.9 Å². The number of benzene rings is 3. The molecule has 3 aromatic carbocycles. The molecule has 3 amide bonds. The molecule has 1 spiro atoms. The van der Waals surface area contributed by atoms with Crippen LogP contribution in [0.1, 0.15) is 68.4 Å². The Labute approximate surface area is 313 Å². The monoisotopic (exact) mass is 740 g/mol. The Morgan fingerprint density at radius 2 is 1.75 bits per heavy atom. The number of hydrogen-bond donors (Lipinski definition) is 3. The molecule has 0 unspecified atom stereocenters. The van der Waals surface area contributed by atoms with Crippen molar-refractivity contribution < 1.29 is 28.3 Å². The van der Waals surface area contributed by atoms with Crippen molar-refractivity contribution in [3.05, 3.63) is 113 Å². The zero-order chi connectivity index (χ0) is 38.5. The highest BCUT2D eigenvalue weighted by Crippen LogP contribution is 2.60. The van der Waals surface area contributed by atoms with Gasteiger partial charge in [0.05, 0.1) is 24.8 Å². The van der Waals surface area contributed by atoms with Gasteiger partial charge in [0.1, 0.15) is 0 Å². The van der Waals surface area contributed by atoms with E-state index < -0.39 is 31.6 Å². The van der Waals surface area contributed by atoms with Crippen LogP contribution in [0.15, 0.2) is 96.1 Å². The van der Waals surface area contributed by atoms with E-state index in [9.17, 15) is 19.5 Å². The number of halogens is 1. The van der Waals surface area contributed by atoms with Gasteiger partial charge in [0, 0.05) is 53.6 Å². The lowest BCUT2D eigenvalue weighted by Gasteiger charge is -2.31. The molecule has 0 aliphatic carbocycles. The van der Waals surface area contributed by atoms with E-state index in [2.05, 4.69) is 25.2 Å². The third kappa shape index (κ3) is 8.80. The fourth-order valence-electron chi connectivity index (χ4n) is 7.80. The molecule has 0 radical (unpaired) electrons. The van der Waals surface area contributed by atoms with Crippen LogP contribution in [0, 0.1) is 5.92 Å². The smallest absolute Gasteiger partial charge is 0.264 e. The first-order valence-corrected chi connectivity index (χ1v) is 21.3. The van der Waals surface area contributed by atoms with Crippen LogP contribution in [-0.2, 0) is 26.5 Å². The molecule has 2 aliphatic heterocycles. The topological polar surface area (TPSA) is 125 Å². The highest BCUT2D eigenvalue weighted by Gasteiger charge is 2.67. The molecule has 2 heterocycles. The Bertz CT molecular complexity index is 1860. The molecule has 9 nitrogen and oxygen atoms in total. The molecule has 1 saturated heterocycles. The number of nitrogen functional groups attached to an aromatic ring is 1. The van der Waals surface area contributed by atoms with Crippen LogP contribution >= 0.6 is 0 Å². The summed E-state index contributed by atoms with van der Waals surface area (Å²) in [6.45, 7) is 11.7. The molecule has 3 aromatic rings. The van der Waals surface area contributed by atoms with E-state index in [4.69, 9.17) is 10.5 Å². The van der Waals surface area contributed by atoms with Gasteiger partial charge in [-0.1, -0.05) is 60.6 Å². The first-order chi connectivity index (χ1) is 25.1. The lowest BCUT2D eigenvalue weighted by Crippen LogP contribution is -2.45. The molecule has 11 heteroatoms. The number of fused-ring (bicyclic) bond motifs is 2. The van der Waals surface area contributed by atoms with E-state index in [1.54, 1.807) is 65.4 Å². The summed E-state index contributed by atoms with van der Waals surface area (Å²) < 4.78 is 23.4. The van der Waals surface area contributed by atoms with Crippen molar-refractivity contribution in [2.24, 2.45) is 5.92 Å². The van der Waals surface area contributed by atoms with Gasteiger partial charge in [0.25, 0.3) is 11.8 Å². The van der Waals surface area contributed by atoms with Crippen molar-refractivity contribution in [3.63, 3.8) is 0 Å². The fourth-order valence-corrected chi connectivity index (χ4v) is 10.3. The second-order valence-corrected chi connectivity index (χ2v) is 18.9. The maximum absolute atomic E-state index is 16.6. The summed E-state index contributed by atoms with van der Waals surface area (Å²) in [5, 5.41) is 12.8. The van der Waals surface area contributed by atoms with Crippen molar-refractivity contribution >= 4 is 43.2 Å². The summed E-state index contributed by atoms with van der Waals surface area (Å²) in [5.74, 6) is -1.58. The van der Waals surface area contributed by atoms with Crippen molar-refractivity contribution in [3.8, 4) is 0 Å². The maximum Gasteiger partial charge on any atom is 0.264 e. The standard InChI is InChI=1S/C42H53FN4O5Si/c1-28(2)11-10-12-29(3)21-22-47-36-20-19-34(45-40(50)32-15-17-33(44)18-16-32)25-35(36)42(41(47)51)30(4)39(53(5,6)43)37(52-42)26-38(49)46(23-24-48)27-31-13-8-7-9-14-31/h7-9,11,13-21,25,30,37,39,48H,10,12,22-24,26-27,44H2,1-6H3,(H,45,50)/b29-21+/t30-,37+,39-,42+/m0/s1. The van der Waals surface area contributed by atoms with Gasteiger partial charge in [0.2, 0.25) is 14.3 Å². The number of anilines is 3. The Hall–Kier alpha value is -4.58. The van der Waals surface area contributed by atoms with E-state index in [1.165, 1.54) is 5.57 Å². The molecule has 1 fully saturated rings. The number of aliphatic hydroxyl groups excluding tert-OH is 1. The fraction of sp³-hybridized carbons (Fsp3) is 0.405. The third-order valence-corrected chi connectivity index (χ3v) is 12.9. The van der Waals surface area contributed by atoms with Crippen molar-refractivity contribution in [2.45, 2.75) is 83.8 Å². The second kappa shape index (κ2) is 16.6. The summed E-state index contributed by atoms with van der Waals surface area (Å²) in [6.07, 6.45) is 4.91. The van der Waals surface area contributed by atoms with E-state index >= 15 is 4.11 Å². The molecular weight excluding hydrogens is 688 g/mol. The molecule has 0 bridgehead atoms. The zero-order valence-electron chi connectivity index (χ0n) is 31.7. The number of amides is 3. The zero-order valence-corrected chi connectivity index (χ0v) is 32.7. The number of carbonyl (C=O) groups excluding carboxylic acids is 3. The van der Waals surface area contributed by atoms with E-state index in [0.717, 1.165) is 24.0 Å². The Balaban J connectivity index is 1.52. The molecule has 53 heavy (non-hydrogen) atoms. The molecule has 0 aromatic heterocycles. The minimum absolute atomic E-state index is 0.105. The molecule has 5 rings (SSSR count). The van der Waals surface area contributed by atoms with Gasteiger partial charge >= 0.3 is 0 Å². The van der Waals surface area contributed by atoms with E-state index in [-0.39, 0.29) is 50.4 Å². The minimum Gasteiger partial charge on any atom is -0.399 e. The normalized spacial score (nSPS) is 21.1. The SMILES string of the molecule is CC(C)=CCC/C(C)=C/CN1C(=O)[C@]2(O[C@H](CC(=O)N(CCO)Cc3ccccc3)[C@@H]([Si](C)(C)F)[C@@H]2C)c2cc(NC(=O)c3ccc(N)cc3)ccc21. The molecule has 4 N–H and O–H groups in total. The lowest BCUT2D eigenvalue weighted by atomic mass is 9.82. The van der Waals surface area contributed by atoms with Crippen LogP contribution in [0.3, 0.4) is 0 Å². The Morgan fingerprint density at radius 1 is 1.06 bits per heavy atom. The number of rotatable bonds is 14. The first-order valence-electron chi connectivity index (χ1n) is 18.4. The van der Waals surface area contributed by atoms with Gasteiger partial charge in [-0.15, -0.1) is 0 Å². The predicted molar refractivity (Wildman–Crippen MR) is 212 cm³/mol. The molecule has 4 atom stereocenters. The summed E-state index contributed by atoms with van der Waals surface area (Å²) in [5.41, 5.74) is 9.37. The van der Waals surface area contributed by atoms with Crippen molar-refractivity contribution in [1.29, 1.82) is 0 Å². The van der Waals surface area contributed by atoms with Gasteiger partial charge in [0.15, 0.2) is 5.60 Å². The molecule has 2 aliphatic rings. The van der Waals surface area contributed by atoms with Gasteiger partial charge in [-0.05, 0) is 94.7 Å². The van der Waals surface area contributed by atoms with Crippen LogP contribution in [0.2, 0.25) is 18.6 Å². The number of nitrogens with two attached hydrogens (primary N) is 1. The van der Waals surface area contributed by atoms with Crippen LogP contribution < -0.4 is 16.0 Å². The number of carbonyl (C=O) groups is 3. The lowest BCUT2D eigenvalue weighted by molar-refractivity contribution is -0.149. The van der Waals surface area contributed by atoms with Crippen molar-refractivity contribution in [2.75, 3.05) is 35.6 Å². The predicted octanol–water partition coefficient (Wildman–Crippen LogP) is 7.75. The van der Waals surface area contributed by atoms with Gasteiger partial charge < -0.3 is 34.8 Å². The van der Waals surface area contributed by atoms with Crippen LogP contribution in [0.5, 0.6) is 0 Å². The van der Waals surface area contributed by atoms with Crippen LogP contribution in [0.4, 0.5) is 21.2 Å². The quantitative estimate of drug-likeness (QED) is 0.0672. The van der Waals surface area contributed by atoms with E-state index in [1.807, 2.05) is 50.3 Å².